The molecule has 1 saturated heterocycles. The molecule has 210 valence electrons. The van der Waals surface area contributed by atoms with Gasteiger partial charge in [0, 0.05) is 0 Å². The molecule has 40 heavy (non-hydrogen) atoms. The van der Waals surface area contributed by atoms with E-state index in [1.165, 1.54) is 0 Å². The number of hydrogen-bond acceptors (Lipinski definition) is 7. The summed E-state index contributed by atoms with van der Waals surface area (Å²) in [4.78, 5) is 3.98. The minimum Gasteiger partial charge on any atom is -0.467 e. The van der Waals surface area contributed by atoms with Crippen molar-refractivity contribution in [2.75, 3.05) is 13.7 Å². The van der Waals surface area contributed by atoms with Gasteiger partial charge in [-0.15, -0.1) is 5.10 Å². The topological polar surface area (TPSA) is 76.9 Å². The first-order valence-corrected chi connectivity index (χ1v) is 14.7. The van der Waals surface area contributed by atoms with Gasteiger partial charge in [0.05, 0.1) is 38.4 Å². The Bertz CT molecular complexity index is 1310. The molecule has 0 amide bonds. The summed E-state index contributed by atoms with van der Waals surface area (Å²) in [6.45, 7) is 1.54. The number of hydrogen-bond donors (Lipinski definition) is 0. The predicted molar refractivity (Wildman–Crippen MR) is 157 cm³/mol. The summed E-state index contributed by atoms with van der Waals surface area (Å²) >= 11 is 7.23. The van der Waals surface area contributed by atoms with Crippen LogP contribution in [0.1, 0.15) is 22.9 Å². The lowest BCUT2D eigenvalue weighted by molar-refractivity contribution is -0.234. The van der Waals surface area contributed by atoms with Gasteiger partial charge >= 0.3 is 6.01 Å². The smallest absolute Gasteiger partial charge is 0.318 e. The van der Waals surface area contributed by atoms with Gasteiger partial charge in [0.2, 0.25) is 4.73 Å². The van der Waals surface area contributed by atoms with Crippen LogP contribution in [0.5, 0.6) is 6.01 Å². The third-order valence-corrected chi connectivity index (χ3v) is 7.86. The maximum Gasteiger partial charge on any atom is 0.318 e. The van der Waals surface area contributed by atoms with E-state index in [-0.39, 0.29) is 11.4 Å². The van der Waals surface area contributed by atoms with Crippen molar-refractivity contribution in [3.8, 4) is 6.01 Å². The first kappa shape index (κ1) is 28.9. The quantitative estimate of drug-likeness (QED) is 0.169. The number of aromatic nitrogens is 3. The van der Waals surface area contributed by atoms with Gasteiger partial charge in [-0.3, -0.25) is 0 Å². The summed E-state index contributed by atoms with van der Waals surface area (Å²) in [6.07, 6.45) is -1.94. The molecular weight excluding hydrogens is 642 g/mol. The second kappa shape index (κ2) is 14.3. The van der Waals surface area contributed by atoms with Crippen LogP contribution in [-0.2, 0) is 38.8 Å². The molecule has 0 bridgehead atoms. The van der Waals surface area contributed by atoms with E-state index in [9.17, 15) is 0 Å². The van der Waals surface area contributed by atoms with Crippen LogP contribution in [0.2, 0.25) is 0 Å². The Kier molecular flexibility index (Phi) is 10.4. The highest BCUT2D eigenvalue weighted by atomic mass is 79.9. The number of alkyl halides is 1. The Hall–Kier alpha value is -2.60. The van der Waals surface area contributed by atoms with Gasteiger partial charge in [-0.05, 0) is 32.6 Å². The lowest BCUT2D eigenvalue weighted by Crippen LogP contribution is -2.57. The molecule has 5 atom stereocenters. The summed E-state index contributed by atoms with van der Waals surface area (Å²) in [7, 11) is 1.55. The molecule has 0 spiro atoms. The SMILES string of the molecule is COc1nc(Br)nn1[C@H]1O[C@H](COCc2ccccc2)[C@@H](OCc2ccccc2)[C@H](OCc2ccccc2)[C@@H]1Br. The van der Waals surface area contributed by atoms with Crippen molar-refractivity contribution in [3.05, 3.63) is 112 Å². The Morgan fingerprint density at radius 3 is 1.85 bits per heavy atom. The van der Waals surface area contributed by atoms with Crippen molar-refractivity contribution < 1.29 is 23.7 Å². The molecule has 0 aliphatic carbocycles. The fourth-order valence-corrected chi connectivity index (χ4v) is 5.72. The highest BCUT2D eigenvalue weighted by Crippen LogP contribution is 2.39. The highest BCUT2D eigenvalue weighted by Gasteiger charge is 2.48. The van der Waals surface area contributed by atoms with E-state index in [1.807, 2.05) is 91.0 Å². The highest BCUT2D eigenvalue weighted by molar-refractivity contribution is 9.10. The molecule has 1 aromatic heterocycles. The third-order valence-electron chi connectivity index (χ3n) is 6.55. The minimum atomic E-state index is -0.601. The predicted octanol–water partition coefficient (Wildman–Crippen LogP) is 6.10. The zero-order valence-corrected chi connectivity index (χ0v) is 25.2. The molecule has 10 heteroatoms. The van der Waals surface area contributed by atoms with E-state index in [1.54, 1.807) is 11.8 Å². The Balaban J connectivity index is 1.42. The summed E-state index contributed by atoms with van der Waals surface area (Å²) < 4.78 is 33.5. The first-order valence-electron chi connectivity index (χ1n) is 13.0. The van der Waals surface area contributed by atoms with Crippen molar-refractivity contribution in [2.24, 2.45) is 0 Å². The van der Waals surface area contributed by atoms with E-state index in [4.69, 9.17) is 23.7 Å². The molecule has 1 fully saturated rings. The first-order chi connectivity index (χ1) is 19.6. The van der Waals surface area contributed by atoms with Crippen LogP contribution in [-0.4, -0.2) is 51.6 Å². The van der Waals surface area contributed by atoms with Crippen LogP contribution in [0.15, 0.2) is 95.7 Å². The summed E-state index contributed by atoms with van der Waals surface area (Å²) in [5.41, 5.74) is 3.20. The maximum atomic E-state index is 6.64. The zero-order valence-electron chi connectivity index (χ0n) is 22.0. The average molecular weight is 673 g/mol. The number of rotatable bonds is 12. The number of ether oxygens (including phenoxy) is 5. The van der Waals surface area contributed by atoms with E-state index in [0.717, 1.165) is 16.7 Å². The van der Waals surface area contributed by atoms with Crippen molar-refractivity contribution >= 4 is 31.9 Å². The van der Waals surface area contributed by atoms with E-state index in [0.29, 0.717) is 30.6 Å². The maximum absolute atomic E-state index is 6.64. The van der Waals surface area contributed by atoms with Gasteiger partial charge in [-0.2, -0.15) is 9.67 Å². The fraction of sp³-hybridized carbons (Fsp3) is 0.333. The molecule has 5 rings (SSSR count). The summed E-state index contributed by atoms with van der Waals surface area (Å²) in [5, 5.41) is 4.49. The Morgan fingerprint density at radius 2 is 1.30 bits per heavy atom. The lowest BCUT2D eigenvalue weighted by Gasteiger charge is -2.44. The number of nitrogens with zero attached hydrogens (tertiary/aromatic N) is 3. The standard InChI is InChI=1S/C30H31Br2N3O5/c1-36-30-33-29(32)34-35(30)28-25(31)27(39-19-23-15-9-4-10-16-23)26(38-18-22-13-7-3-8-14-22)24(40-28)20-37-17-21-11-5-2-6-12-21/h2-16,24-28H,17-20H2,1H3/t24-,25+,26-,27-,28+/m1/s1. The van der Waals surface area contributed by atoms with Crippen molar-refractivity contribution in [3.63, 3.8) is 0 Å². The van der Waals surface area contributed by atoms with Crippen molar-refractivity contribution in [2.45, 2.75) is 49.2 Å². The second-order valence-electron chi connectivity index (χ2n) is 9.34. The van der Waals surface area contributed by atoms with Crippen LogP contribution in [0.25, 0.3) is 0 Å². The molecule has 1 aliphatic heterocycles. The van der Waals surface area contributed by atoms with Gasteiger partial charge in [0.25, 0.3) is 0 Å². The molecule has 0 unspecified atom stereocenters. The Labute approximate surface area is 250 Å². The molecule has 2 heterocycles. The second-order valence-corrected chi connectivity index (χ2v) is 11.1. The van der Waals surface area contributed by atoms with Crippen LogP contribution in [0.4, 0.5) is 0 Å². The number of methoxy groups -OCH3 is 1. The van der Waals surface area contributed by atoms with Crippen molar-refractivity contribution in [1.82, 2.24) is 14.8 Å². The Morgan fingerprint density at radius 1 is 0.775 bits per heavy atom. The van der Waals surface area contributed by atoms with E-state index < -0.39 is 24.5 Å². The molecule has 1 aliphatic rings. The number of halogens is 2. The molecule has 3 aromatic carbocycles. The largest absolute Gasteiger partial charge is 0.467 e. The molecule has 0 N–H and O–H groups in total. The van der Waals surface area contributed by atoms with Crippen LogP contribution < -0.4 is 4.74 Å². The minimum absolute atomic E-state index is 0.286. The van der Waals surface area contributed by atoms with Gasteiger partial charge in [-0.1, -0.05) is 107 Å². The molecule has 8 nitrogen and oxygen atoms in total. The van der Waals surface area contributed by atoms with E-state index in [2.05, 4.69) is 41.9 Å². The van der Waals surface area contributed by atoms with Gasteiger partial charge in [0.1, 0.15) is 18.3 Å². The zero-order chi connectivity index (χ0) is 27.7. The van der Waals surface area contributed by atoms with Gasteiger partial charge in [-0.25, -0.2) is 0 Å². The van der Waals surface area contributed by atoms with Crippen molar-refractivity contribution in [1.29, 1.82) is 0 Å². The summed E-state index contributed by atoms with van der Waals surface area (Å²) in [6, 6.07) is 30.5. The lowest BCUT2D eigenvalue weighted by atomic mass is 9.99. The fourth-order valence-electron chi connectivity index (χ4n) is 4.59. The normalized spacial score (nSPS) is 22.7. The van der Waals surface area contributed by atoms with E-state index >= 15 is 0 Å². The summed E-state index contributed by atoms with van der Waals surface area (Å²) in [5.74, 6) is 0. The molecule has 4 aromatic rings. The van der Waals surface area contributed by atoms with Crippen LogP contribution in [0, 0.1) is 0 Å². The number of benzene rings is 3. The molecular formula is C30H31Br2N3O5. The van der Waals surface area contributed by atoms with Gasteiger partial charge in [0.15, 0.2) is 6.23 Å². The van der Waals surface area contributed by atoms with Gasteiger partial charge < -0.3 is 23.7 Å². The average Bonchev–Trinajstić information content (AvgIpc) is 3.38. The molecule has 0 radical (unpaired) electrons. The van der Waals surface area contributed by atoms with Crippen LogP contribution >= 0.6 is 31.9 Å². The monoisotopic (exact) mass is 671 g/mol. The third kappa shape index (κ3) is 7.37. The van der Waals surface area contributed by atoms with Crippen LogP contribution in [0.3, 0.4) is 0 Å². The molecule has 0 saturated carbocycles.